The van der Waals surface area contributed by atoms with Crippen LogP contribution in [0.5, 0.6) is 0 Å². The molecule has 17 heavy (non-hydrogen) atoms. The number of carbonyl (C=O) groups is 1. The highest BCUT2D eigenvalue weighted by Crippen LogP contribution is 2.06. The van der Waals surface area contributed by atoms with Crippen LogP contribution in [0.25, 0.3) is 0 Å². The lowest BCUT2D eigenvalue weighted by molar-refractivity contribution is -0.147. The quantitative estimate of drug-likeness (QED) is 0.798. The monoisotopic (exact) mass is 239 g/mol. The maximum absolute atomic E-state index is 12.7. The van der Waals surface area contributed by atoms with Crippen molar-refractivity contribution in [1.29, 1.82) is 0 Å². The fraction of sp³-hybridized carbons (Fsp3) is 0.462. The van der Waals surface area contributed by atoms with Crippen molar-refractivity contribution in [3.63, 3.8) is 0 Å². The smallest absolute Gasteiger partial charge is 0.325 e. The fourth-order valence-electron chi connectivity index (χ4n) is 1.50. The number of esters is 1. The van der Waals surface area contributed by atoms with Gasteiger partial charge in [0, 0.05) is 6.54 Å². The van der Waals surface area contributed by atoms with Crippen molar-refractivity contribution in [3.05, 3.63) is 35.6 Å². The van der Waals surface area contributed by atoms with Gasteiger partial charge >= 0.3 is 5.97 Å². The molecule has 4 heteroatoms. The van der Waals surface area contributed by atoms with Crippen molar-refractivity contribution >= 4 is 5.97 Å². The molecule has 0 aliphatic carbocycles. The highest BCUT2D eigenvalue weighted by atomic mass is 19.1. The van der Waals surface area contributed by atoms with E-state index in [1.54, 1.807) is 26.0 Å². The topological polar surface area (TPSA) is 38.3 Å². The molecule has 0 saturated carbocycles. The predicted octanol–water partition coefficient (Wildman–Crippen LogP) is 1.91. The van der Waals surface area contributed by atoms with Crippen LogP contribution in [0, 0.1) is 5.82 Å². The number of methoxy groups -OCH3 is 1. The summed E-state index contributed by atoms with van der Waals surface area (Å²) in [6.07, 6.45) is 0.737. The highest BCUT2D eigenvalue weighted by Gasteiger charge is 2.27. The Morgan fingerprint density at radius 2 is 1.94 bits per heavy atom. The van der Waals surface area contributed by atoms with Crippen molar-refractivity contribution < 1.29 is 13.9 Å². The molecule has 0 bridgehead atoms. The largest absolute Gasteiger partial charge is 0.468 e. The Hall–Kier alpha value is -1.42. The summed E-state index contributed by atoms with van der Waals surface area (Å²) in [6, 6.07) is 6.34. The van der Waals surface area contributed by atoms with Crippen LogP contribution in [0.15, 0.2) is 24.3 Å². The van der Waals surface area contributed by atoms with Crippen LogP contribution >= 0.6 is 0 Å². The lowest BCUT2D eigenvalue weighted by Crippen LogP contribution is -2.48. The first kappa shape index (κ1) is 13.6. The summed E-state index contributed by atoms with van der Waals surface area (Å²) in [7, 11) is 1.37. The predicted molar refractivity (Wildman–Crippen MR) is 64.2 cm³/mol. The third-order valence-electron chi connectivity index (χ3n) is 2.59. The number of hydrogen-bond acceptors (Lipinski definition) is 3. The van der Waals surface area contributed by atoms with Gasteiger partial charge in [0.1, 0.15) is 11.4 Å². The number of nitrogens with one attached hydrogen (secondary N) is 1. The van der Waals surface area contributed by atoms with Crippen LogP contribution in [-0.4, -0.2) is 25.2 Å². The van der Waals surface area contributed by atoms with E-state index >= 15 is 0 Å². The molecule has 0 atom stereocenters. The second-order valence-electron chi connectivity index (χ2n) is 4.42. The van der Waals surface area contributed by atoms with Gasteiger partial charge in [-0.25, -0.2) is 4.39 Å². The number of benzene rings is 1. The minimum absolute atomic E-state index is 0.239. The van der Waals surface area contributed by atoms with Crippen LogP contribution in [0.1, 0.15) is 19.4 Å². The molecule has 0 unspecified atom stereocenters. The van der Waals surface area contributed by atoms with Crippen LogP contribution in [0.2, 0.25) is 0 Å². The van der Waals surface area contributed by atoms with Crippen molar-refractivity contribution in [3.8, 4) is 0 Å². The van der Waals surface area contributed by atoms with Gasteiger partial charge in [-0.05, 0) is 38.0 Å². The Kier molecular flexibility index (Phi) is 4.63. The summed E-state index contributed by atoms with van der Waals surface area (Å²) in [4.78, 5) is 11.4. The fourth-order valence-corrected chi connectivity index (χ4v) is 1.50. The number of halogens is 1. The van der Waals surface area contributed by atoms with E-state index < -0.39 is 5.54 Å². The van der Waals surface area contributed by atoms with Crippen molar-refractivity contribution in [2.24, 2.45) is 0 Å². The summed E-state index contributed by atoms with van der Waals surface area (Å²) < 4.78 is 17.4. The van der Waals surface area contributed by atoms with Crippen molar-refractivity contribution in [2.75, 3.05) is 13.7 Å². The second-order valence-corrected chi connectivity index (χ2v) is 4.42. The molecule has 0 aliphatic heterocycles. The molecule has 0 fully saturated rings. The molecule has 0 amide bonds. The first-order chi connectivity index (χ1) is 7.95. The molecule has 0 heterocycles. The first-order valence-electron chi connectivity index (χ1n) is 5.53. The van der Waals surface area contributed by atoms with Gasteiger partial charge in [0.15, 0.2) is 0 Å². The Morgan fingerprint density at radius 1 is 1.35 bits per heavy atom. The van der Waals surface area contributed by atoms with E-state index in [2.05, 4.69) is 10.1 Å². The lowest BCUT2D eigenvalue weighted by atomic mass is 10.1. The molecule has 1 N–H and O–H groups in total. The molecule has 1 aromatic carbocycles. The van der Waals surface area contributed by atoms with Gasteiger partial charge in [0.2, 0.25) is 0 Å². The number of hydrogen-bond donors (Lipinski definition) is 1. The second kappa shape index (κ2) is 5.77. The molecule has 1 rings (SSSR count). The maximum atomic E-state index is 12.7. The van der Waals surface area contributed by atoms with E-state index in [4.69, 9.17) is 0 Å². The zero-order valence-electron chi connectivity index (χ0n) is 10.4. The minimum Gasteiger partial charge on any atom is -0.468 e. The summed E-state index contributed by atoms with van der Waals surface area (Å²) >= 11 is 0. The Bertz CT molecular complexity index is 374. The van der Waals surface area contributed by atoms with E-state index in [0.29, 0.717) is 6.54 Å². The average molecular weight is 239 g/mol. The molecule has 94 valence electrons. The molecule has 0 aromatic heterocycles. The Morgan fingerprint density at radius 3 is 2.47 bits per heavy atom. The van der Waals surface area contributed by atoms with E-state index in [1.807, 2.05) is 0 Å². The maximum Gasteiger partial charge on any atom is 0.325 e. The average Bonchev–Trinajstić information content (AvgIpc) is 2.30. The minimum atomic E-state index is -0.700. The van der Waals surface area contributed by atoms with Gasteiger partial charge in [-0.2, -0.15) is 0 Å². The van der Waals surface area contributed by atoms with E-state index in [9.17, 15) is 9.18 Å². The highest BCUT2D eigenvalue weighted by molar-refractivity contribution is 5.79. The zero-order chi connectivity index (χ0) is 12.9. The summed E-state index contributed by atoms with van der Waals surface area (Å²) in [5.74, 6) is -0.534. The number of rotatable bonds is 5. The van der Waals surface area contributed by atoms with Crippen LogP contribution < -0.4 is 5.32 Å². The van der Waals surface area contributed by atoms with Crippen molar-refractivity contribution in [2.45, 2.75) is 25.8 Å². The molecule has 3 nitrogen and oxygen atoms in total. The van der Waals surface area contributed by atoms with Gasteiger partial charge < -0.3 is 10.1 Å². The zero-order valence-corrected chi connectivity index (χ0v) is 10.4. The molecule has 1 aromatic rings. The van der Waals surface area contributed by atoms with Crippen LogP contribution in [0.4, 0.5) is 4.39 Å². The SMILES string of the molecule is COC(=O)C(C)(C)NCCc1ccc(F)cc1. The Balaban J connectivity index is 2.42. The molecule has 0 saturated heterocycles. The van der Waals surface area contributed by atoms with E-state index in [0.717, 1.165) is 12.0 Å². The van der Waals surface area contributed by atoms with E-state index in [-0.39, 0.29) is 11.8 Å². The molecule has 0 spiro atoms. The standard InChI is InChI=1S/C13H18FNO2/c1-13(2,12(16)17-3)15-9-8-10-4-6-11(14)7-5-10/h4-7,15H,8-9H2,1-3H3. The van der Waals surface area contributed by atoms with Crippen molar-refractivity contribution in [1.82, 2.24) is 5.32 Å². The third-order valence-corrected chi connectivity index (χ3v) is 2.59. The Labute approximate surface area is 101 Å². The van der Waals surface area contributed by atoms with Crippen LogP contribution in [-0.2, 0) is 16.0 Å². The van der Waals surface area contributed by atoms with Gasteiger partial charge in [-0.1, -0.05) is 12.1 Å². The summed E-state index contributed by atoms with van der Waals surface area (Å²) in [5.41, 5.74) is 0.328. The van der Waals surface area contributed by atoms with Crippen LogP contribution in [0.3, 0.4) is 0 Å². The third kappa shape index (κ3) is 4.15. The number of carbonyl (C=O) groups excluding carboxylic acids is 1. The lowest BCUT2D eigenvalue weighted by Gasteiger charge is -2.23. The van der Waals surface area contributed by atoms with Gasteiger partial charge in [-0.3, -0.25) is 4.79 Å². The molecule has 0 radical (unpaired) electrons. The molecular weight excluding hydrogens is 221 g/mol. The normalized spacial score (nSPS) is 11.3. The van der Waals surface area contributed by atoms with Gasteiger partial charge in [0.05, 0.1) is 7.11 Å². The van der Waals surface area contributed by atoms with Gasteiger partial charge in [-0.15, -0.1) is 0 Å². The van der Waals surface area contributed by atoms with E-state index in [1.165, 1.54) is 19.2 Å². The first-order valence-corrected chi connectivity index (χ1v) is 5.53. The number of ether oxygens (including phenoxy) is 1. The summed E-state index contributed by atoms with van der Waals surface area (Å²) in [5, 5.41) is 3.10. The summed E-state index contributed by atoms with van der Waals surface area (Å²) in [6.45, 7) is 4.17. The molecule has 0 aliphatic rings. The molecular formula is C13H18FNO2. The van der Waals surface area contributed by atoms with Gasteiger partial charge in [0.25, 0.3) is 0 Å².